The largest absolute Gasteiger partial charge is 0.465 e. The van der Waals surface area contributed by atoms with Gasteiger partial charge < -0.3 is 9.84 Å². The van der Waals surface area contributed by atoms with Crippen LogP contribution in [0.5, 0.6) is 0 Å². The first-order valence-corrected chi connectivity index (χ1v) is 5.34. The van der Waals surface area contributed by atoms with Gasteiger partial charge in [0.2, 0.25) is 0 Å². The van der Waals surface area contributed by atoms with Gasteiger partial charge in [0, 0.05) is 11.8 Å². The summed E-state index contributed by atoms with van der Waals surface area (Å²) in [5.74, 6) is -0.164. The highest BCUT2D eigenvalue weighted by Gasteiger charge is 2.24. The Morgan fingerprint density at radius 3 is 2.43 bits per heavy atom. The number of aliphatic hydroxyl groups excluding tert-OH is 1. The summed E-state index contributed by atoms with van der Waals surface area (Å²) in [5, 5.41) is 9.17. The Morgan fingerprint density at radius 2 is 2.00 bits per heavy atom. The second kappa shape index (κ2) is 6.82. The predicted molar refractivity (Wildman–Crippen MR) is 56.0 cm³/mol. The summed E-state index contributed by atoms with van der Waals surface area (Å²) in [6, 6.07) is 0. The highest BCUT2D eigenvalue weighted by atomic mass is 16.5. The van der Waals surface area contributed by atoms with Crippen LogP contribution in [0.25, 0.3) is 0 Å². The van der Waals surface area contributed by atoms with Crippen molar-refractivity contribution < 1.29 is 14.6 Å². The molecule has 1 N–H and O–H groups in total. The second-order valence-corrected chi connectivity index (χ2v) is 4.13. The van der Waals surface area contributed by atoms with Crippen LogP contribution in [0.1, 0.15) is 46.5 Å². The van der Waals surface area contributed by atoms with E-state index in [2.05, 4.69) is 6.92 Å². The summed E-state index contributed by atoms with van der Waals surface area (Å²) in [6.07, 6.45) is 3.14. The number of aliphatic hydroxyl groups is 1. The first-order valence-electron chi connectivity index (χ1n) is 5.34. The molecule has 1 unspecified atom stereocenters. The van der Waals surface area contributed by atoms with E-state index in [9.17, 15) is 4.79 Å². The minimum absolute atomic E-state index is 0.0697. The Morgan fingerprint density at radius 1 is 1.36 bits per heavy atom. The Bertz CT molecular complexity index is 168. The van der Waals surface area contributed by atoms with Gasteiger partial charge in [0.25, 0.3) is 0 Å². The average molecular weight is 202 g/mol. The Balaban J connectivity index is 3.87. The molecule has 0 aliphatic heterocycles. The lowest BCUT2D eigenvalue weighted by molar-refractivity contribution is -0.148. The zero-order valence-corrected chi connectivity index (χ0v) is 9.51. The van der Waals surface area contributed by atoms with Crippen LogP contribution in [0, 0.1) is 5.41 Å². The van der Waals surface area contributed by atoms with E-state index >= 15 is 0 Å². The van der Waals surface area contributed by atoms with Gasteiger partial charge in [-0.15, -0.1) is 0 Å². The number of esters is 1. The lowest BCUT2D eigenvalue weighted by Crippen LogP contribution is -2.28. The van der Waals surface area contributed by atoms with Crippen molar-refractivity contribution in [2.24, 2.45) is 5.41 Å². The van der Waals surface area contributed by atoms with Gasteiger partial charge in [-0.25, -0.2) is 0 Å². The molecule has 0 saturated heterocycles. The van der Waals surface area contributed by atoms with E-state index in [0.29, 0.717) is 13.0 Å². The fraction of sp³-hybridized carbons (Fsp3) is 0.909. The van der Waals surface area contributed by atoms with E-state index in [0.717, 1.165) is 19.3 Å². The molecule has 0 bridgehead atoms. The molecule has 0 spiro atoms. The van der Waals surface area contributed by atoms with Crippen molar-refractivity contribution in [2.75, 3.05) is 13.2 Å². The van der Waals surface area contributed by atoms with Gasteiger partial charge in [0.1, 0.15) is 0 Å². The summed E-state index contributed by atoms with van der Waals surface area (Å²) >= 11 is 0. The summed E-state index contributed by atoms with van der Waals surface area (Å²) in [7, 11) is 0. The number of rotatable bonds is 7. The highest BCUT2D eigenvalue weighted by molar-refractivity contribution is 5.69. The van der Waals surface area contributed by atoms with E-state index in [4.69, 9.17) is 9.84 Å². The molecular formula is C11H22O3. The Kier molecular flexibility index (Phi) is 6.54. The van der Waals surface area contributed by atoms with Crippen molar-refractivity contribution >= 4 is 5.97 Å². The molecule has 0 aromatic carbocycles. The molecule has 1 atom stereocenters. The molecule has 0 rings (SSSR count). The van der Waals surface area contributed by atoms with Crippen LogP contribution in [0.3, 0.4) is 0 Å². The normalized spacial score (nSPS) is 14.9. The molecule has 0 heterocycles. The van der Waals surface area contributed by atoms with Gasteiger partial charge in [0.05, 0.1) is 13.2 Å². The van der Waals surface area contributed by atoms with Gasteiger partial charge in [-0.05, 0) is 12.8 Å². The molecule has 0 aliphatic rings. The van der Waals surface area contributed by atoms with E-state index in [1.165, 1.54) is 0 Å². The van der Waals surface area contributed by atoms with Crippen LogP contribution < -0.4 is 0 Å². The number of hydrogen-bond donors (Lipinski definition) is 1. The van der Waals surface area contributed by atoms with Crippen LogP contribution in [-0.2, 0) is 9.53 Å². The van der Waals surface area contributed by atoms with E-state index in [-0.39, 0.29) is 18.0 Å². The molecule has 0 saturated carbocycles. The molecule has 3 heteroatoms. The van der Waals surface area contributed by atoms with E-state index in [1.54, 1.807) is 0 Å². The molecule has 0 fully saturated rings. The van der Waals surface area contributed by atoms with Gasteiger partial charge in [0.15, 0.2) is 0 Å². The van der Waals surface area contributed by atoms with Crippen LogP contribution in [0.15, 0.2) is 0 Å². The predicted octanol–water partition coefficient (Wildman–Crippen LogP) is 2.13. The smallest absolute Gasteiger partial charge is 0.305 e. The Labute approximate surface area is 86.5 Å². The fourth-order valence-electron chi connectivity index (χ4n) is 1.33. The van der Waals surface area contributed by atoms with Gasteiger partial charge in [-0.2, -0.15) is 0 Å². The monoisotopic (exact) mass is 202 g/mol. The average Bonchev–Trinajstić information content (AvgIpc) is 2.16. The fourth-order valence-corrected chi connectivity index (χ4v) is 1.33. The van der Waals surface area contributed by atoms with E-state index < -0.39 is 0 Å². The number of carbonyl (C=O) groups excluding carboxylic acids is 1. The van der Waals surface area contributed by atoms with E-state index in [1.807, 2.05) is 13.8 Å². The molecule has 3 nitrogen and oxygen atoms in total. The lowest BCUT2D eigenvalue weighted by atomic mass is 9.88. The summed E-state index contributed by atoms with van der Waals surface area (Å²) in [6.45, 7) is 6.34. The maximum absolute atomic E-state index is 11.1. The van der Waals surface area contributed by atoms with Crippen molar-refractivity contribution in [1.29, 1.82) is 0 Å². The van der Waals surface area contributed by atoms with Crippen LogP contribution in [0.2, 0.25) is 0 Å². The molecule has 14 heavy (non-hydrogen) atoms. The van der Waals surface area contributed by atoms with Crippen molar-refractivity contribution in [3.8, 4) is 0 Å². The third-order valence-electron chi connectivity index (χ3n) is 2.27. The van der Waals surface area contributed by atoms with Gasteiger partial charge >= 0.3 is 5.97 Å². The van der Waals surface area contributed by atoms with Crippen LogP contribution in [0.4, 0.5) is 0 Å². The molecule has 0 radical (unpaired) electrons. The van der Waals surface area contributed by atoms with Crippen LogP contribution >= 0.6 is 0 Å². The highest BCUT2D eigenvalue weighted by Crippen LogP contribution is 2.22. The van der Waals surface area contributed by atoms with Crippen molar-refractivity contribution in [1.82, 2.24) is 0 Å². The maximum atomic E-state index is 11.1. The number of ether oxygens (including phenoxy) is 1. The number of carbonyl (C=O) groups is 1. The quantitative estimate of drug-likeness (QED) is 0.643. The standard InChI is InChI=1S/C11H22O3/c1-4-6-10(13)14-9-11(3,8-12)7-5-2/h12H,4-9H2,1-3H3. The van der Waals surface area contributed by atoms with Crippen LogP contribution in [-0.4, -0.2) is 24.3 Å². The maximum Gasteiger partial charge on any atom is 0.305 e. The SMILES string of the molecule is CCCC(=O)OCC(C)(CO)CCC. The lowest BCUT2D eigenvalue weighted by Gasteiger charge is -2.26. The minimum atomic E-state index is -0.266. The van der Waals surface area contributed by atoms with Crippen molar-refractivity contribution in [3.63, 3.8) is 0 Å². The summed E-state index contributed by atoms with van der Waals surface area (Å²) < 4.78 is 5.09. The summed E-state index contributed by atoms with van der Waals surface area (Å²) in [4.78, 5) is 11.1. The molecule has 84 valence electrons. The zero-order valence-electron chi connectivity index (χ0n) is 9.51. The van der Waals surface area contributed by atoms with Gasteiger partial charge in [-0.3, -0.25) is 4.79 Å². The summed E-state index contributed by atoms with van der Waals surface area (Å²) in [5.41, 5.74) is -0.266. The number of hydrogen-bond acceptors (Lipinski definition) is 3. The minimum Gasteiger partial charge on any atom is -0.465 e. The molecule has 0 amide bonds. The first kappa shape index (κ1) is 13.4. The van der Waals surface area contributed by atoms with Crippen molar-refractivity contribution in [2.45, 2.75) is 46.5 Å². The molecule has 0 aromatic rings. The molecule has 0 aliphatic carbocycles. The zero-order chi connectivity index (χ0) is 11.0. The van der Waals surface area contributed by atoms with Crippen molar-refractivity contribution in [3.05, 3.63) is 0 Å². The van der Waals surface area contributed by atoms with Gasteiger partial charge in [-0.1, -0.05) is 27.2 Å². The Hall–Kier alpha value is -0.570. The molecular weight excluding hydrogens is 180 g/mol. The third-order valence-corrected chi connectivity index (χ3v) is 2.27. The third kappa shape index (κ3) is 5.22. The topological polar surface area (TPSA) is 46.5 Å². The second-order valence-electron chi connectivity index (χ2n) is 4.13. The molecule has 0 aromatic heterocycles. The first-order chi connectivity index (χ1) is 6.58.